The zero-order valence-corrected chi connectivity index (χ0v) is 8.77. The predicted molar refractivity (Wildman–Crippen MR) is 60.2 cm³/mol. The standard InChI is InChI=1S/C12H15Cl/c1-10-5-7-12(8-6-10)11(2)4-3-9-13/h5-8H,2-4,9H2,1H3. The third-order valence-corrected chi connectivity index (χ3v) is 2.34. The topological polar surface area (TPSA) is 0 Å². The van der Waals surface area contributed by atoms with Crippen LogP contribution >= 0.6 is 11.6 Å². The SMILES string of the molecule is C=C(CCCCl)c1ccc(C)cc1. The van der Waals surface area contributed by atoms with Gasteiger partial charge in [-0.3, -0.25) is 0 Å². The Bertz CT molecular complexity index is 272. The van der Waals surface area contributed by atoms with Crippen LogP contribution in [0.5, 0.6) is 0 Å². The average Bonchev–Trinajstić information content (AvgIpc) is 2.15. The number of hydrogen-bond donors (Lipinski definition) is 0. The lowest BCUT2D eigenvalue weighted by molar-refractivity contribution is 0.983. The molecule has 0 nitrogen and oxygen atoms in total. The molecule has 0 amide bonds. The summed E-state index contributed by atoms with van der Waals surface area (Å²) in [6, 6.07) is 8.46. The summed E-state index contributed by atoms with van der Waals surface area (Å²) in [5, 5.41) is 0. The van der Waals surface area contributed by atoms with Gasteiger partial charge in [-0.25, -0.2) is 0 Å². The first-order valence-electron chi connectivity index (χ1n) is 4.55. The van der Waals surface area contributed by atoms with Gasteiger partial charge in [0.15, 0.2) is 0 Å². The second-order valence-corrected chi connectivity index (χ2v) is 3.64. The number of hydrogen-bond acceptors (Lipinski definition) is 0. The van der Waals surface area contributed by atoms with Crippen molar-refractivity contribution < 1.29 is 0 Å². The minimum absolute atomic E-state index is 0.713. The Morgan fingerprint density at radius 1 is 1.31 bits per heavy atom. The molecule has 0 bridgehead atoms. The fourth-order valence-corrected chi connectivity index (χ4v) is 1.35. The van der Waals surface area contributed by atoms with Gasteiger partial charge >= 0.3 is 0 Å². The van der Waals surface area contributed by atoms with Crippen molar-refractivity contribution >= 4 is 17.2 Å². The van der Waals surface area contributed by atoms with Crippen LogP contribution in [0.3, 0.4) is 0 Å². The maximum absolute atomic E-state index is 5.62. The van der Waals surface area contributed by atoms with E-state index in [1.807, 2.05) is 0 Å². The van der Waals surface area contributed by atoms with Crippen LogP contribution in [-0.2, 0) is 0 Å². The number of allylic oxidation sites excluding steroid dienone is 1. The highest BCUT2D eigenvalue weighted by atomic mass is 35.5. The van der Waals surface area contributed by atoms with Gasteiger partial charge in [0.2, 0.25) is 0 Å². The van der Waals surface area contributed by atoms with E-state index in [4.69, 9.17) is 11.6 Å². The molecule has 0 aliphatic rings. The summed E-state index contributed by atoms with van der Waals surface area (Å²) < 4.78 is 0. The molecule has 0 aromatic heterocycles. The van der Waals surface area contributed by atoms with E-state index in [1.165, 1.54) is 16.7 Å². The van der Waals surface area contributed by atoms with E-state index in [9.17, 15) is 0 Å². The molecule has 0 N–H and O–H groups in total. The number of benzene rings is 1. The fraction of sp³-hybridized carbons (Fsp3) is 0.333. The Balaban J connectivity index is 2.61. The fourth-order valence-electron chi connectivity index (χ4n) is 1.21. The normalized spacial score (nSPS) is 10.0. The second kappa shape index (κ2) is 5.08. The van der Waals surface area contributed by atoms with Crippen LogP contribution in [0.25, 0.3) is 5.57 Å². The van der Waals surface area contributed by atoms with E-state index in [0.29, 0.717) is 5.88 Å². The molecule has 70 valence electrons. The molecule has 13 heavy (non-hydrogen) atoms. The van der Waals surface area contributed by atoms with Crippen LogP contribution in [0.1, 0.15) is 24.0 Å². The van der Waals surface area contributed by atoms with Crippen LogP contribution in [0.4, 0.5) is 0 Å². The molecular weight excluding hydrogens is 180 g/mol. The van der Waals surface area contributed by atoms with Crippen molar-refractivity contribution in [3.63, 3.8) is 0 Å². The Morgan fingerprint density at radius 2 is 1.92 bits per heavy atom. The van der Waals surface area contributed by atoms with Crippen molar-refractivity contribution in [3.8, 4) is 0 Å². The monoisotopic (exact) mass is 194 g/mol. The smallest absolute Gasteiger partial charge is 0.0226 e. The van der Waals surface area contributed by atoms with Crippen molar-refractivity contribution in [1.29, 1.82) is 0 Å². The summed E-state index contributed by atoms with van der Waals surface area (Å²) in [5.41, 5.74) is 3.70. The molecule has 1 rings (SSSR count). The molecule has 0 aliphatic heterocycles. The molecule has 0 heterocycles. The molecule has 0 spiro atoms. The minimum atomic E-state index is 0.713. The van der Waals surface area contributed by atoms with E-state index in [-0.39, 0.29) is 0 Å². The summed E-state index contributed by atoms with van der Waals surface area (Å²) in [6.07, 6.45) is 2.00. The van der Waals surface area contributed by atoms with Crippen molar-refractivity contribution in [3.05, 3.63) is 42.0 Å². The van der Waals surface area contributed by atoms with Gasteiger partial charge < -0.3 is 0 Å². The molecule has 0 saturated carbocycles. The van der Waals surface area contributed by atoms with Gasteiger partial charge in [0, 0.05) is 5.88 Å². The third-order valence-electron chi connectivity index (χ3n) is 2.07. The van der Waals surface area contributed by atoms with E-state index in [0.717, 1.165) is 12.8 Å². The van der Waals surface area contributed by atoms with Crippen LogP contribution < -0.4 is 0 Å². The summed E-state index contributed by atoms with van der Waals surface area (Å²) in [5.74, 6) is 0.713. The van der Waals surface area contributed by atoms with Gasteiger partial charge in [0.25, 0.3) is 0 Å². The number of halogens is 1. The molecule has 0 aliphatic carbocycles. The van der Waals surface area contributed by atoms with Crippen LogP contribution in [0, 0.1) is 6.92 Å². The zero-order chi connectivity index (χ0) is 9.68. The van der Waals surface area contributed by atoms with E-state index in [2.05, 4.69) is 37.8 Å². The Hall–Kier alpha value is -0.750. The van der Waals surface area contributed by atoms with Gasteiger partial charge in [0.1, 0.15) is 0 Å². The molecule has 0 saturated heterocycles. The number of aryl methyl sites for hydroxylation is 1. The lowest BCUT2D eigenvalue weighted by Crippen LogP contribution is -1.84. The Kier molecular flexibility index (Phi) is 4.04. The Labute approximate surface area is 85.2 Å². The summed E-state index contributed by atoms with van der Waals surface area (Å²) in [4.78, 5) is 0. The molecule has 1 aromatic carbocycles. The first-order valence-corrected chi connectivity index (χ1v) is 5.08. The largest absolute Gasteiger partial charge is 0.127 e. The lowest BCUT2D eigenvalue weighted by atomic mass is 10.0. The first kappa shape index (κ1) is 10.3. The lowest BCUT2D eigenvalue weighted by Gasteiger charge is -2.04. The zero-order valence-electron chi connectivity index (χ0n) is 8.02. The first-order chi connectivity index (χ1) is 6.24. The van der Waals surface area contributed by atoms with Gasteiger partial charge in [-0.05, 0) is 30.9 Å². The van der Waals surface area contributed by atoms with E-state index >= 15 is 0 Å². The van der Waals surface area contributed by atoms with Gasteiger partial charge in [-0.1, -0.05) is 36.4 Å². The van der Waals surface area contributed by atoms with Gasteiger partial charge in [0.05, 0.1) is 0 Å². The summed E-state index contributed by atoms with van der Waals surface area (Å²) in [7, 11) is 0. The highest BCUT2D eigenvalue weighted by molar-refractivity contribution is 6.17. The van der Waals surface area contributed by atoms with Gasteiger partial charge in [-0.2, -0.15) is 0 Å². The highest BCUT2D eigenvalue weighted by Crippen LogP contribution is 2.18. The van der Waals surface area contributed by atoms with Crippen molar-refractivity contribution in [2.24, 2.45) is 0 Å². The average molecular weight is 195 g/mol. The molecular formula is C12H15Cl. The number of rotatable bonds is 4. The molecule has 0 atom stereocenters. The number of alkyl halides is 1. The minimum Gasteiger partial charge on any atom is -0.127 e. The van der Waals surface area contributed by atoms with Crippen molar-refractivity contribution in [2.45, 2.75) is 19.8 Å². The molecule has 1 heteroatoms. The Morgan fingerprint density at radius 3 is 2.46 bits per heavy atom. The highest BCUT2D eigenvalue weighted by Gasteiger charge is 1.97. The van der Waals surface area contributed by atoms with Crippen LogP contribution in [0.2, 0.25) is 0 Å². The molecule has 0 radical (unpaired) electrons. The van der Waals surface area contributed by atoms with Gasteiger partial charge in [-0.15, -0.1) is 11.6 Å². The predicted octanol–water partition coefficient (Wildman–Crippen LogP) is 4.03. The van der Waals surface area contributed by atoms with E-state index in [1.54, 1.807) is 0 Å². The van der Waals surface area contributed by atoms with Crippen molar-refractivity contribution in [2.75, 3.05) is 5.88 Å². The van der Waals surface area contributed by atoms with E-state index < -0.39 is 0 Å². The maximum atomic E-state index is 5.62. The summed E-state index contributed by atoms with van der Waals surface area (Å²) in [6.45, 7) is 6.12. The summed E-state index contributed by atoms with van der Waals surface area (Å²) >= 11 is 5.62. The molecule has 0 unspecified atom stereocenters. The second-order valence-electron chi connectivity index (χ2n) is 3.26. The van der Waals surface area contributed by atoms with Crippen molar-refractivity contribution in [1.82, 2.24) is 0 Å². The van der Waals surface area contributed by atoms with Crippen LogP contribution in [-0.4, -0.2) is 5.88 Å². The maximum Gasteiger partial charge on any atom is 0.0226 e. The third kappa shape index (κ3) is 3.23. The van der Waals surface area contributed by atoms with Crippen LogP contribution in [0.15, 0.2) is 30.8 Å². The molecule has 0 fully saturated rings. The molecule has 1 aromatic rings. The quantitative estimate of drug-likeness (QED) is 0.635.